The Hall–Kier alpha value is -1.06. The van der Waals surface area contributed by atoms with Gasteiger partial charge in [-0.25, -0.2) is 0 Å². The van der Waals surface area contributed by atoms with Crippen LogP contribution in [-0.2, 0) is 9.59 Å². The van der Waals surface area contributed by atoms with Crippen LogP contribution in [0.3, 0.4) is 0 Å². The highest BCUT2D eigenvalue weighted by Gasteiger charge is 2.66. The molecule has 0 spiro atoms. The Morgan fingerprint density at radius 2 is 1.73 bits per heavy atom. The normalized spacial score (nSPS) is 27.6. The van der Waals surface area contributed by atoms with Crippen LogP contribution in [0.4, 0.5) is 0 Å². The van der Waals surface area contributed by atoms with Crippen molar-refractivity contribution in [1.82, 2.24) is 4.90 Å². The highest BCUT2D eigenvalue weighted by Crippen LogP contribution is 2.59. The van der Waals surface area contributed by atoms with E-state index in [1.165, 1.54) is 0 Å². The van der Waals surface area contributed by atoms with Crippen LogP contribution in [-0.4, -0.2) is 35.0 Å². The van der Waals surface area contributed by atoms with E-state index in [1.54, 1.807) is 11.9 Å². The van der Waals surface area contributed by atoms with Crippen molar-refractivity contribution in [3.05, 3.63) is 0 Å². The summed E-state index contributed by atoms with van der Waals surface area (Å²) in [6, 6.07) is 0.114. The van der Waals surface area contributed by atoms with Crippen LogP contribution in [0.2, 0.25) is 0 Å². The van der Waals surface area contributed by atoms with E-state index in [0.29, 0.717) is 0 Å². The van der Waals surface area contributed by atoms with E-state index in [2.05, 4.69) is 0 Å². The number of aliphatic carboxylic acids is 1. The lowest BCUT2D eigenvalue weighted by Gasteiger charge is -2.22. The van der Waals surface area contributed by atoms with Gasteiger partial charge in [0.1, 0.15) is 0 Å². The fraction of sp³-hybridized carbons (Fsp3) is 0.818. The number of carboxylic acids is 1. The largest absolute Gasteiger partial charge is 0.481 e. The summed E-state index contributed by atoms with van der Waals surface area (Å²) < 4.78 is 0. The Balaban J connectivity index is 2.76. The molecule has 0 aliphatic heterocycles. The maximum Gasteiger partial charge on any atom is 0.307 e. The van der Waals surface area contributed by atoms with Crippen LogP contribution in [0, 0.1) is 17.3 Å². The fourth-order valence-corrected chi connectivity index (χ4v) is 2.03. The minimum absolute atomic E-state index is 0.0533. The topological polar surface area (TPSA) is 57.6 Å². The zero-order chi connectivity index (χ0) is 12.0. The molecular formula is C11H19NO3. The van der Waals surface area contributed by atoms with E-state index >= 15 is 0 Å². The SMILES string of the molecule is CC(C)N(C)C(=O)[C@@H]1[C@H](C(=O)O)C1(C)C. The molecule has 0 unspecified atom stereocenters. The summed E-state index contributed by atoms with van der Waals surface area (Å²) in [5.74, 6) is -1.80. The average molecular weight is 213 g/mol. The van der Waals surface area contributed by atoms with E-state index in [-0.39, 0.29) is 17.9 Å². The third-order valence-electron chi connectivity index (χ3n) is 3.48. The maximum atomic E-state index is 11.9. The number of carbonyl (C=O) groups is 2. The number of rotatable bonds is 3. The molecule has 1 aliphatic rings. The van der Waals surface area contributed by atoms with Crippen molar-refractivity contribution in [3.63, 3.8) is 0 Å². The molecule has 0 aromatic carbocycles. The number of amides is 1. The Kier molecular flexibility index (Phi) is 2.81. The number of carboxylic acid groups (broad SMARTS) is 1. The Bertz CT molecular complexity index is 296. The van der Waals surface area contributed by atoms with Crippen LogP contribution in [0.15, 0.2) is 0 Å². The molecule has 0 radical (unpaired) electrons. The van der Waals surface area contributed by atoms with Gasteiger partial charge in [-0.2, -0.15) is 0 Å². The molecule has 0 aromatic heterocycles. The van der Waals surface area contributed by atoms with Crippen molar-refractivity contribution in [2.45, 2.75) is 33.7 Å². The standard InChI is InChI=1S/C11H19NO3/c1-6(2)12(5)9(13)7-8(10(14)15)11(7,3)4/h6-8H,1-5H3,(H,14,15)/t7-,8+/m0/s1. The van der Waals surface area contributed by atoms with Gasteiger partial charge in [-0.05, 0) is 19.3 Å². The first-order valence-corrected chi connectivity index (χ1v) is 5.20. The van der Waals surface area contributed by atoms with E-state index < -0.39 is 17.3 Å². The molecular weight excluding hydrogens is 194 g/mol. The number of hydrogen-bond donors (Lipinski definition) is 1. The van der Waals surface area contributed by atoms with Gasteiger partial charge < -0.3 is 10.0 Å². The predicted molar refractivity (Wildman–Crippen MR) is 56.3 cm³/mol. The van der Waals surface area contributed by atoms with E-state index in [9.17, 15) is 9.59 Å². The van der Waals surface area contributed by atoms with Gasteiger partial charge in [0.05, 0.1) is 11.8 Å². The molecule has 1 rings (SSSR count). The van der Waals surface area contributed by atoms with Gasteiger partial charge in [0.25, 0.3) is 0 Å². The van der Waals surface area contributed by atoms with Crippen LogP contribution >= 0.6 is 0 Å². The smallest absolute Gasteiger partial charge is 0.307 e. The Morgan fingerprint density at radius 3 is 2.00 bits per heavy atom. The lowest BCUT2D eigenvalue weighted by Crippen LogP contribution is -2.35. The van der Waals surface area contributed by atoms with Crippen molar-refractivity contribution >= 4 is 11.9 Å². The molecule has 2 atom stereocenters. The minimum atomic E-state index is -0.865. The second kappa shape index (κ2) is 3.51. The quantitative estimate of drug-likeness (QED) is 0.766. The summed E-state index contributed by atoms with van der Waals surface area (Å²) in [7, 11) is 1.72. The highest BCUT2D eigenvalue weighted by molar-refractivity contribution is 5.91. The molecule has 1 aliphatic carbocycles. The lowest BCUT2D eigenvalue weighted by molar-refractivity contribution is -0.142. The van der Waals surface area contributed by atoms with Crippen molar-refractivity contribution in [1.29, 1.82) is 0 Å². The zero-order valence-corrected chi connectivity index (χ0v) is 9.94. The first-order valence-electron chi connectivity index (χ1n) is 5.20. The van der Waals surface area contributed by atoms with Gasteiger partial charge >= 0.3 is 5.97 Å². The molecule has 0 saturated heterocycles. The zero-order valence-electron chi connectivity index (χ0n) is 9.94. The van der Waals surface area contributed by atoms with E-state index in [0.717, 1.165) is 0 Å². The second-order valence-electron chi connectivity index (χ2n) is 5.16. The number of hydrogen-bond acceptors (Lipinski definition) is 2. The molecule has 86 valence electrons. The van der Waals surface area contributed by atoms with Crippen molar-refractivity contribution in [3.8, 4) is 0 Å². The van der Waals surface area contributed by atoms with Gasteiger partial charge in [-0.3, -0.25) is 9.59 Å². The van der Waals surface area contributed by atoms with Gasteiger partial charge in [-0.15, -0.1) is 0 Å². The van der Waals surface area contributed by atoms with E-state index in [4.69, 9.17) is 5.11 Å². The molecule has 15 heavy (non-hydrogen) atoms. The summed E-state index contributed by atoms with van der Waals surface area (Å²) in [4.78, 5) is 24.5. The molecule has 0 bridgehead atoms. The first kappa shape index (κ1) is 12.0. The van der Waals surface area contributed by atoms with Crippen molar-refractivity contribution in [2.24, 2.45) is 17.3 Å². The van der Waals surface area contributed by atoms with Crippen LogP contribution in [0.1, 0.15) is 27.7 Å². The molecule has 4 heteroatoms. The highest BCUT2D eigenvalue weighted by atomic mass is 16.4. The molecule has 0 heterocycles. The third kappa shape index (κ3) is 1.85. The molecule has 4 nitrogen and oxygen atoms in total. The predicted octanol–water partition coefficient (Wildman–Crippen LogP) is 1.21. The molecule has 1 fully saturated rings. The van der Waals surface area contributed by atoms with Gasteiger partial charge in [0.2, 0.25) is 5.91 Å². The lowest BCUT2D eigenvalue weighted by atomic mass is 10.1. The van der Waals surface area contributed by atoms with Crippen LogP contribution in [0.5, 0.6) is 0 Å². The average Bonchev–Trinajstić information content (AvgIpc) is 2.66. The third-order valence-corrected chi connectivity index (χ3v) is 3.48. The van der Waals surface area contributed by atoms with Crippen molar-refractivity contribution < 1.29 is 14.7 Å². The van der Waals surface area contributed by atoms with Crippen molar-refractivity contribution in [2.75, 3.05) is 7.05 Å². The Labute approximate surface area is 90.3 Å². The summed E-state index contributed by atoms with van der Waals surface area (Å²) in [6.45, 7) is 7.51. The second-order valence-corrected chi connectivity index (χ2v) is 5.16. The number of nitrogens with zero attached hydrogens (tertiary/aromatic N) is 1. The summed E-state index contributed by atoms with van der Waals surface area (Å²) in [5.41, 5.74) is -0.397. The molecule has 1 N–H and O–H groups in total. The minimum Gasteiger partial charge on any atom is -0.481 e. The Morgan fingerprint density at radius 1 is 1.27 bits per heavy atom. The van der Waals surface area contributed by atoms with Gasteiger partial charge in [0.15, 0.2) is 0 Å². The van der Waals surface area contributed by atoms with Crippen LogP contribution < -0.4 is 0 Å². The van der Waals surface area contributed by atoms with Crippen LogP contribution in [0.25, 0.3) is 0 Å². The summed E-state index contributed by atoms with van der Waals surface area (Å²) in [5, 5.41) is 8.96. The summed E-state index contributed by atoms with van der Waals surface area (Å²) >= 11 is 0. The summed E-state index contributed by atoms with van der Waals surface area (Å²) in [6.07, 6.45) is 0. The van der Waals surface area contributed by atoms with E-state index in [1.807, 2.05) is 27.7 Å². The monoisotopic (exact) mass is 213 g/mol. The van der Waals surface area contributed by atoms with Gasteiger partial charge in [0, 0.05) is 13.1 Å². The van der Waals surface area contributed by atoms with Gasteiger partial charge in [-0.1, -0.05) is 13.8 Å². The first-order chi connectivity index (χ1) is 6.71. The number of carbonyl (C=O) groups excluding carboxylic acids is 1. The fourth-order valence-electron chi connectivity index (χ4n) is 2.03. The maximum absolute atomic E-state index is 11.9. The molecule has 1 amide bonds. The molecule has 1 saturated carbocycles. The molecule has 0 aromatic rings.